The predicted molar refractivity (Wildman–Crippen MR) is 377 cm³/mol. The summed E-state index contributed by atoms with van der Waals surface area (Å²) in [5.41, 5.74) is 28.5. The molecule has 0 N–H and O–H groups in total. The van der Waals surface area contributed by atoms with E-state index in [1.807, 2.05) is 12.4 Å². The van der Waals surface area contributed by atoms with Crippen LogP contribution in [0.3, 0.4) is 0 Å². The van der Waals surface area contributed by atoms with Gasteiger partial charge in [-0.2, -0.15) is 0 Å². The first-order valence-corrected chi connectivity index (χ1v) is 31.1. The molecule has 0 fully saturated rings. The van der Waals surface area contributed by atoms with E-state index in [4.69, 9.17) is 15.0 Å². The standard InChI is InChI=1S/C83H63N7/c1-48-19-27-69-59(39-48)60-40-49(2)20-28-70(60)87(69)79-77(57-35-37-84-38-36-57)80(88-71-29-21-50(3)41-61(71)62-42-51(4)22-30-72(62)88)82(90-75-33-25-54(7)45-65(75)66-46-55(8)26-34-76(66)90)81(89-73-31-23-52(5)43-63(73)64-44-53(6)24-32-74(64)89)78(79)68-47-67(56-15-11-9-12-16-56)85-83(86-68)58-17-13-10-14-18-58/h9-47H,1-8H3. The van der Waals surface area contributed by atoms with Crippen LogP contribution >= 0.6 is 0 Å². The van der Waals surface area contributed by atoms with Gasteiger partial charge < -0.3 is 18.3 Å². The summed E-state index contributed by atoms with van der Waals surface area (Å²) in [6, 6.07) is 83.9. The van der Waals surface area contributed by atoms with E-state index in [2.05, 4.69) is 298 Å². The van der Waals surface area contributed by atoms with Crippen LogP contribution < -0.4 is 0 Å². The number of rotatable bonds is 8. The molecule has 0 amide bonds. The van der Waals surface area contributed by atoms with Gasteiger partial charge in [-0.25, -0.2) is 9.97 Å². The molecule has 90 heavy (non-hydrogen) atoms. The van der Waals surface area contributed by atoms with Crippen molar-refractivity contribution in [1.82, 2.24) is 33.2 Å². The van der Waals surface area contributed by atoms with Gasteiger partial charge in [0.1, 0.15) is 0 Å². The van der Waals surface area contributed by atoms with E-state index in [1.54, 1.807) is 0 Å². The van der Waals surface area contributed by atoms with Crippen molar-refractivity contribution in [3.05, 3.63) is 281 Å². The third kappa shape index (κ3) is 8.15. The molecule has 17 rings (SSSR count). The molecule has 11 aromatic carbocycles. The molecule has 0 unspecified atom stereocenters. The van der Waals surface area contributed by atoms with Crippen molar-refractivity contribution in [2.45, 2.75) is 55.4 Å². The maximum atomic E-state index is 6.07. The largest absolute Gasteiger partial charge is 0.308 e. The Kier molecular flexibility index (Phi) is 11.9. The minimum absolute atomic E-state index is 0.623. The average Bonchev–Trinajstić information content (AvgIpc) is 1.37. The zero-order valence-corrected chi connectivity index (χ0v) is 51.6. The Labute approximate surface area is 522 Å². The normalized spacial score (nSPS) is 12.0. The van der Waals surface area contributed by atoms with Crippen molar-refractivity contribution in [2.24, 2.45) is 0 Å². The molecule has 7 heteroatoms. The molecule has 0 aliphatic heterocycles. The van der Waals surface area contributed by atoms with E-state index in [-0.39, 0.29) is 0 Å². The van der Waals surface area contributed by atoms with Gasteiger partial charge in [0, 0.05) is 72.2 Å². The molecule has 7 nitrogen and oxygen atoms in total. The topological polar surface area (TPSA) is 58.4 Å². The second-order valence-corrected chi connectivity index (χ2v) is 25.1. The second kappa shape index (κ2) is 20.2. The average molecular weight is 1160 g/mol. The van der Waals surface area contributed by atoms with Crippen LogP contribution in [0.1, 0.15) is 44.5 Å². The Balaban J connectivity index is 1.27. The fraction of sp³-hybridized carbons (Fsp3) is 0.0964. The molecule has 0 aliphatic carbocycles. The first kappa shape index (κ1) is 53.1. The molecule has 430 valence electrons. The predicted octanol–water partition coefficient (Wildman–Crippen LogP) is 21.4. The maximum absolute atomic E-state index is 6.07. The number of benzene rings is 11. The molecule has 17 aromatic rings. The highest BCUT2D eigenvalue weighted by atomic mass is 15.1. The first-order chi connectivity index (χ1) is 43.9. The zero-order chi connectivity index (χ0) is 60.8. The van der Waals surface area contributed by atoms with Crippen molar-refractivity contribution in [3.63, 3.8) is 0 Å². The maximum Gasteiger partial charge on any atom is 0.160 e. The van der Waals surface area contributed by atoms with Crippen molar-refractivity contribution in [1.29, 1.82) is 0 Å². The minimum atomic E-state index is 0.623. The van der Waals surface area contributed by atoms with E-state index in [0.717, 1.165) is 106 Å². The molecular formula is C83H63N7. The Morgan fingerprint density at radius 1 is 0.233 bits per heavy atom. The number of aryl methyl sites for hydroxylation is 8. The minimum Gasteiger partial charge on any atom is -0.308 e. The molecule has 0 aliphatic rings. The van der Waals surface area contributed by atoms with Crippen LogP contribution in [0.2, 0.25) is 0 Å². The van der Waals surface area contributed by atoms with Crippen molar-refractivity contribution >= 4 is 87.2 Å². The molecule has 0 radical (unpaired) electrons. The van der Waals surface area contributed by atoms with E-state index in [9.17, 15) is 0 Å². The van der Waals surface area contributed by atoms with E-state index < -0.39 is 0 Å². The number of nitrogens with zero attached hydrogens (tertiary/aromatic N) is 7. The zero-order valence-electron chi connectivity index (χ0n) is 51.6. The molecule has 6 aromatic heterocycles. The lowest BCUT2D eigenvalue weighted by Gasteiger charge is -2.31. The highest BCUT2D eigenvalue weighted by Gasteiger charge is 2.37. The summed E-state index contributed by atoms with van der Waals surface area (Å²) in [5, 5.41) is 9.40. The van der Waals surface area contributed by atoms with Gasteiger partial charge in [-0.1, -0.05) is 154 Å². The summed E-state index contributed by atoms with van der Waals surface area (Å²) in [5.74, 6) is 0.623. The summed E-state index contributed by atoms with van der Waals surface area (Å²) >= 11 is 0. The Morgan fingerprint density at radius 2 is 0.522 bits per heavy atom. The van der Waals surface area contributed by atoms with Crippen LogP contribution in [0, 0.1) is 55.4 Å². The van der Waals surface area contributed by atoms with Gasteiger partial charge in [0.25, 0.3) is 0 Å². The van der Waals surface area contributed by atoms with Crippen LogP contribution in [0.25, 0.3) is 155 Å². The number of pyridine rings is 1. The van der Waals surface area contributed by atoms with E-state index >= 15 is 0 Å². The van der Waals surface area contributed by atoms with E-state index in [1.165, 1.54) is 87.6 Å². The summed E-state index contributed by atoms with van der Waals surface area (Å²) in [4.78, 5) is 16.5. The molecular weight excluding hydrogens is 1090 g/mol. The smallest absolute Gasteiger partial charge is 0.160 e. The van der Waals surface area contributed by atoms with Gasteiger partial charge in [-0.15, -0.1) is 0 Å². The van der Waals surface area contributed by atoms with Gasteiger partial charge >= 0.3 is 0 Å². The lowest BCUT2D eigenvalue weighted by atomic mass is 9.91. The van der Waals surface area contributed by atoms with Gasteiger partial charge in [0.15, 0.2) is 5.82 Å². The monoisotopic (exact) mass is 1160 g/mol. The van der Waals surface area contributed by atoms with Crippen molar-refractivity contribution < 1.29 is 0 Å². The molecule has 0 saturated heterocycles. The molecule has 0 saturated carbocycles. The van der Waals surface area contributed by atoms with Gasteiger partial charge in [0.2, 0.25) is 0 Å². The number of hydrogen-bond donors (Lipinski definition) is 0. The van der Waals surface area contributed by atoms with Crippen LogP contribution in [0.4, 0.5) is 0 Å². The Hall–Kier alpha value is -11.2. The summed E-state index contributed by atoms with van der Waals surface area (Å²) in [7, 11) is 0. The second-order valence-electron chi connectivity index (χ2n) is 25.1. The van der Waals surface area contributed by atoms with Crippen LogP contribution in [0.5, 0.6) is 0 Å². The third-order valence-corrected chi connectivity index (χ3v) is 18.6. The van der Waals surface area contributed by atoms with Crippen LogP contribution in [-0.2, 0) is 0 Å². The summed E-state index contributed by atoms with van der Waals surface area (Å²) in [6.45, 7) is 17.7. The summed E-state index contributed by atoms with van der Waals surface area (Å²) in [6.07, 6.45) is 3.92. The lowest BCUT2D eigenvalue weighted by molar-refractivity contribution is 1.03. The highest BCUT2D eigenvalue weighted by molar-refractivity contribution is 6.19. The van der Waals surface area contributed by atoms with Crippen LogP contribution in [0.15, 0.2) is 237 Å². The fourth-order valence-corrected chi connectivity index (χ4v) is 14.6. The lowest BCUT2D eigenvalue weighted by Crippen LogP contribution is -2.16. The van der Waals surface area contributed by atoms with Gasteiger partial charge in [-0.05, 0) is 176 Å². The highest BCUT2D eigenvalue weighted by Crippen LogP contribution is 2.55. The number of aromatic nitrogens is 7. The Bertz CT molecular complexity index is 5560. The third-order valence-electron chi connectivity index (χ3n) is 18.6. The molecule has 6 heterocycles. The van der Waals surface area contributed by atoms with Gasteiger partial charge in [-0.3, -0.25) is 4.98 Å². The fourth-order valence-electron chi connectivity index (χ4n) is 14.6. The van der Waals surface area contributed by atoms with Crippen LogP contribution in [-0.4, -0.2) is 33.2 Å². The molecule has 0 atom stereocenters. The Morgan fingerprint density at radius 3 is 0.867 bits per heavy atom. The molecule has 0 bridgehead atoms. The molecule has 0 spiro atoms. The number of hydrogen-bond acceptors (Lipinski definition) is 3. The SMILES string of the molecule is Cc1ccc2c(c1)c1cc(C)ccc1n2-c1c(-c2ccncc2)c(-n2c3ccc(C)cc3c3cc(C)ccc32)c(-n2c3ccc(C)cc3c3cc(C)ccc32)c(-n2c3ccc(C)cc3c3cc(C)ccc32)c1-c1cc(-c2ccccc2)nc(-c2ccccc2)n1. The van der Waals surface area contributed by atoms with Crippen molar-refractivity contribution in [2.75, 3.05) is 0 Å². The van der Waals surface area contributed by atoms with Crippen molar-refractivity contribution in [3.8, 4) is 67.8 Å². The summed E-state index contributed by atoms with van der Waals surface area (Å²) < 4.78 is 10.4. The van der Waals surface area contributed by atoms with E-state index in [0.29, 0.717) is 5.82 Å². The van der Waals surface area contributed by atoms with Gasteiger partial charge in [0.05, 0.1) is 83.8 Å². The first-order valence-electron chi connectivity index (χ1n) is 31.1. The quantitative estimate of drug-likeness (QED) is 0.152. The number of fused-ring (bicyclic) bond motifs is 12.